The number of hydrogen-bond donors (Lipinski definition) is 0. The predicted octanol–water partition coefficient (Wildman–Crippen LogP) is 3.89. The Kier molecular flexibility index (Phi) is 5.72. The molecule has 0 saturated heterocycles. The van der Waals surface area contributed by atoms with Gasteiger partial charge in [0.25, 0.3) is 5.91 Å². The summed E-state index contributed by atoms with van der Waals surface area (Å²) in [5.41, 5.74) is 0.611. The highest BCUT2D eigenvalue weighted by Gasteiger charge is 2.35. The zero-order valence-electron chi connectivity index (χ0n) is 14.0. The quantitative estimate of drug-likeness (QED) is 0.797. The van der Waals surface area contributed by atoms with Crippen molar-refractivity contribution in [3.8, 4) is 5.69 Å². The number of halogens is 4. The van der Waals surface area contributed by atoms with Gasteiger partial charge in [0.1, 0.15) is 12.4 Å². The van der Waals surface area contributed by atoms with Crippen LogP contribution >= 0.6 is 11.6 Å². The lowest BCUT2D eigenvalue weighted by molar-refractivity contribution is -0.141. The number of carbonyl (C=O) groups excluding carboxylic acids is 1. The first-order valence-corrected chi connectivity index (χ1v) is 8.00. The summed E-state index contributed by atoms with van der Waals surface area (Å²) in [6.45, 7) is 3.73. The van der Waals surface area contributed by atoms with E-state index in [9.17, 15) is 18.0 Å². The molecule has 1 aromatic carbocycles. The standard InChI is InChI=1S/C16H18ClF3N4O/c1-10(2)8-23(9-16(18,19)20)15(25)14-21-11(3)24(22-14)13-6-4-12(17)5-7-13/h4-7,10H,8-9H2,1-3H3. The maximum atomic E-state index is 12.8. The lowest BCUT2D eigenvalue weighted by atomic mass is 10.2. The van der Waals surface area contributed by atoms with Gasteiger partial charge in [-0.15, -0.1) is 5.10 Å². The molecule has 1 amide bonds. The molecule has 0 aliphatic heterocycles. The topological polar surface area (TPSA) is 51.0 Å². The second-order valence-corrected chi connectivity index (χ2v) is 6.50. The van der Waals surface area contributed by atoms with Gasteiger partial charge in [0.05, 0.1) is 5.69 Å². The predicted molar refractivity (Wildman–Crippen MR) is 87.9 cm³/mol. The third kappa shape index (κ3) is 5.19. The number of nitrogens with zero attached hydrogens (tertiary/aromatic N) is 4. The first kappa shape index (κ1) is 19.2. The molecule has 1 aromatic heterocycles. The average molecular weight is 375 g/mol. The molecule has 25 heavy (non-hydrogen) atoms. The number of rotatable bonds is 5. The Balaban J connectivity index is 2.31. The second-order valence-electron chi connectivity index (χ2n) is 6.07. The first-order valence-electron chi connectivity index (χ1n) is 7.62. The molecular formula is C16H18ClF3N4O. The van der Waals surface area contributed by atoms with E-state index < -0.39 is 18.6 Å². The number of aryl methyl sites for hydroxylation is 1. The van der Waals surface area contributed by atoms with E-state index in [0.717, 1.165) is 4.90 Å². The fourth-order valence-electron chi connectivity index (χ4n) is 2.33. The van der Waals surface area contributed by atoms with Crippen LogP contribution in [0.3, 0.4) is 0 Å². The van der Waals surface area contributed by atoms with Gasteiger partial charge in [-0.1, -0.05) is 25.4 Å². The van der Waals surface area contributed by atoms with Crippen molar-refractivity contribution in [2.24, 2.45) is 5.92 Å². The van der Waals surface area contributed by atoms with Gasteiger partial charge in [-0.2, -0.15) is 13.2 Å². The van der Waals surface area contributed by atoms with Crippen molar-refractivity contribution in [3.05, 3.63) is 40.9 Å². The number of carbonyl (C=O) groups is 1. The summed E-state index contributed by atoms with van der Waals surface area (Å²) in [6, 6.07) is 6.65. The Labute approximate surface area is 148 Å². The number of amides is 1. The van der Waals surface area contributed by atoms with Crippen LogP contribution in [0, 0.1) is 12.8 Å². The second kappa shape index (κ2) is 7.43. The van der Waals surface area contributed by atoms with E-state index in [1.54, 1.807) is 45.0 Å². The summed E-state index contributed by atoms with van der Waals surface area (Å²) in [6.07, 6.45) is -4.49. The van der Waals surface area contributed by atoms with Gasteiger partial charge in [-0.25, -0.2) is 9.67 Å². The summed E-state index contributed by atoms with van der Waals surface area (Å²) in [5.74, 6) is -0.841. The van der Waals surface area contributed by atoms with Crippen LogP contribution in [0.2, 0.25) is 5.02 Å². The van der Waals surface area contributed by atoms with Crippen molar-refractivity contribution < 1.29 is 18.0 Å². The number of hydrogen-bond acceptors (Lipinski definition) is 3. The van der Waals surface area contributed by atoms with Crippen molar-refractivity contribution in [3.63, 3.8) is 0 Å². The number of aromatic nitrogens is 3. The van der Waals surface area contributed by atoms with Gasteiger partial charge in [0.15, 0.2) is 0 Å². The first-order chi connectivity index (χ1) is 11.6. The molecule has 136 valence electrons. The molecule has 0 fully saturated rings. The molecule has 5 nitrogen and oxygen atoms in total. The molecular weight excluding hydrogens is 357 g/mol. The van der Waals surface area contributed by atoms with Crippen molar-refractivity contribution in [1.82, 2.24) is 19.7 Å². The molecule has 0 saturated carbocycles. The zero-order chi connectivity index (χ0) is 18.8. The molecule has 9 heteroatoms. The van der Waals surface area contributed by atoms with Crippen LogP contribution in [-0.2, 0) is 0 Å². The van der Waals surface area contributed by atoms with Crippen molar-refractivity contribution in [1.29, 1.82) is 0 Å². The van der Waals surface area contributed by atoms with Crippen LogP contribution in [0.25, 0.3) is 5.69 Å². The van der Waals surface area contributed by atoms with Crippen molar-refractivity contribution >= 4 is 17.5 Å². The molecule has 0 bridgehead atoms. The van der Waals surface area contributed by atoms with E-state index >= 15 is 0 Å². The minimum atomic E-state index is -4.49. The van der Waals surface area contributed by atoms with Crippen LogP contribution in [0.4, 0.5) is 13.2 Å². The smallest absolute Gasteiger partial charge is 0.327 e. The maximum absolute atomic E-state index is 12.8. The SMILES string of the molecule is Cc1nc(C(=O)N(CC(C)C)CC(F)(F)F)nn1-c1ccc(Cl)cc1. The highest BCUT2D eigenvalue weighted by molar-refractivity contribution is 6.30. The Morgan fingerprint density at radius 1 is 1.28 bits per heavy atom. The van der Waals surface area contributed by atoms with Gasteiger partial charge in [-0.3, -0.25) is 4.79 Å². The molecule has 0 aliphatic carbocycles. The van der Waals surface area contributed by atoms with Gasteiger partial charge in [-0.05, 0) is 37.1 Å². The molecule has 2 rings (SSSR count). The molecule has 0 radical (unpaired) electrons. The summed E-state index contributed by atoms with van der Waals surface area (Å²) >= 11 is 5.83. The summed E-state index contributed by atoms with van der Waals surface area (Å²) in [5, 5.41) is 4.61. The Hall–Kier alpha value is -2.09. The minimum Gasteiger partial charge on any atom is -0.327 e. The normalized spacial score (nSPS) is 11.8. The fourth-order valence-corrected chi connectivity index (χ4v) is 2.45. The number of benzene rings is 1. The Morgan fingerprint density at radius 2 is 1.88 bits per heavy atom. The van der Waals surface area contributed by atoms with Gasteiger partial charge < -0.3 is 4.90 Å². The van der Waals surface area contributed by atoms with Crippen LogP contribution < -0.4 is 0 Å². The lowest BCUT2D eigenvalue weighted by Crippen LogP contribution is -2.41. The van der Waals surface area contributed by atoms with Gasteiger partial charge >= 0.3 is 6.18 Å². The van der Waals surface area contributed by atoms with Crippen molar-refractivity contribution in [2.75, 3.05) is 13.1 Å². The molecule has 0 atom stereocenters. The third-order valence-corrected chi connectivity index (χ3v) is 3.53. The molecule has 0 spiro atoms. The van der Waals surface area contributed by atoms with E-state index in [4.69, 9.17) is 11.6 Å². The largest absolute Gasteiger partial charge is 0.406 e. The van der Waals surface area contributed by atoms with E-state index in [-0.39, 0.29) is 18.3 Å². The van der Waals surface area contributed by atoms with Crippen LogP contribution in [-0.4, -0.2) is 44.8 Å². The summed E-state index contributed by atoms with van der Waals surface area (Å²) in [7, 11) is 0. The third-order valence-electron chi connectivity index (χ3n) is 3.27. The van der Waals surface area contributed by atoms with Crippen LogP contribution in [0.15, 0.2) is 24.3 Å². The van der Waals surface area contributed by atoms with Gasteiger partial charge in [0.2, 0.25) is 5.82 Å². The summed E-state index contributed by atoms with van der Waals surface area (Å²) < 4.78 is 39.7. The van der Waals surface area contributed by atoms with Crippen molar-refractivity contribution in [2.45, 2.75) is 26.9 Å². The highest BCUT2D eigenvalue weighted by Crippen LogP contribution is 2.19. The molecule has 2 aromatic rings. The summed E-state index contributed by atoms with van der Waals surface area (Å²) in [4.78, 5) is 17.2. The average Bonchev–Trinajstić information content (AvgIpc) is 2.86. The van der Waals surface area contributed by atoms with Crippen LogP contribution in [0.1, 0.15) is 30.3 Å². The van der Waals surface area contributed by atoms with E-state index in [0.29, 0.717) is 16.5 Å². The molecule has 0 unspecified atom stereocenters. The fraction of sp³-hybridized carbons (Fsp3) is 0.438. The lowest BCUT2D eigenvalue weighted by Gasteiger charge is -2.24. The molecule has 0 N–H and O–H groups in total. The monoisotopic (exact) mass is 374 g/mol. The highest BCUT2D eigenvalue weighted by atomic mass is 35.5. The molecule has 1 heterocycles. The van der Waals surface area contributed by atoms with Gasteiger partial charge in [0, 0.05) is 11.6 Å². The van der Waals surface area contributed by atoms with E-state index in [1.165, 1.54) is 4.68 Å². The maximum Gasteiger partial charge on any atom is 0.406 e. The van der Waals surface area contributed by atoms with E-state index in [1.807, 2.05) is 0 Å². The van der Waals surface area contributed by atoms with E-state index in [2.05, 4.69) is 10.1 Å². The minimum absolute atomic E-state index is 0.0348. The Bertz CT molecular complexity index is 741. The Morgan fingerprint density at radius 3 is 2.40 bits per heavy atom. The zero-order valence-corrected chi connectivity index (χ0v) is 14.8. The molecule has 0 aliphatic rings. The number of alkyl halides is 3. The van der Waals surface area contributed by atoms with Crippen LogP contribution in [0.5, 0.6) is 0 Å².